The Morgan fingerprint density at radius 2 is 1.71 bits per heavy atom. The number of rotatable bonds is 4. The summed E-state index contributed by atoms with van der Waals surface area (Å²) < 4.78 is 70.7. The second-order valence-corrected chi connectivity index (χ2v) is 8.07. The summed E-state index contributed by atoms with van der Waals surface area (Å²) in [6.45, 7) is 0. The Bertz CT molecular complexity index is 1210. The van der Waals surface area contributed by atoms with Gasteiger partial charge in [0.05, 0.1) is 16.8 Å². The molecule has 2 amide bonds. The van der Waals surface area contributed by atoms with E-state index in [4.69, 9.17) is 4.74 Å². The molecule has 6 nitrogen and oxygen atoms in total. The lowest BCUT2D eigenvalue weighted by Crippen LogP contribution is -2.45. The molecule has 3 N–H and O–H groups in total. The number of hydrogen-bond donors (Lipinski definition) is 3. The third kappa shape index (κ3) is 5.29. The summed E-state index contributed by atoms with van der Waals surface area (Å²) in [5.74, 6) is -3.73. The van der Waals surface area contributed by atoms with Crippen LogP contribution in [0.25, 0.3) is 10.9 Å². The van der Waals surface area contributed by atoms with Crippen molar-refractivity contribution in [2.75, 3.05) is 5.32 Å². The lowest BCUT2D eigenvalue weighted by molar-refractivity contribution is -0.137. The molecule has 34 heavy (non-hydrogen) atoms. The molecule has 1 aliphatic rings. The summed E-state index contributed by atoms with van der Waals surface area (Å²) in [5, 5.41) is 5.21. The van der Waals surface area contributed by atoms with Crippen LogP contribution in [-0.4, -0.2) is 28.9 Å². The van der Waals surface area contributed by atoms with Gasteiger partial charge in [0, 0.05) is 30.1 Å². The van der Waals surface area contributed by atoms with Crippen molar-refractivity contribution in [3.63, 3.8) is 0 Å². The maximum Gasteiger partial charge on any atom is 0.416 e. The van der Waals surface area contributed by atoms with Crippen molar-refractivity contribution in [1.29, 1.82) is 0 Å². The van der Waals surface area contributed by atoms with Crippen molar-refractivity contribution in [2.24, 2.45) is 0 Å². The van der Waals surface area contributed by atoms with Crippen LogP contribution >= 0.6 is 0 Å². The normalized spacial score (nSPS) is 18.5. The molecule has 1 aromatic heterocycles. The summed E-state index contributed by atoms with van der Waals surface area (Å²) in [5.41, 5.74) is -0.394. The fraction of sp³-hybridized carbons (Fsp3) is 0.304. The number of fused-ring (bicyclic) bond motifs is 1. The molecule has 0 bridgehead atoms. The topological polar surface area (TPSA) is 83.2 Å². The Hall–Kier alpha value is -3.63. The first-order valence-corrected chi connectivity index (χ1v) is 10.5. The van der Waals surface area contributed by atoms with Crippen molar-refractivity contribution in [3.8, 4) is 5.75 Å². The number of amides is 2. The lowest BCUT2D eigenvalue weighted by Gasteiger charge is -2.30. The molecule has 11 heteroatoms. The van der Waals surface area contributed by atoms with Gasteiger partial charge in [0.1, 0.15) is 11.9 Å². The highest BCUT2D eigenvalue weighted by atomic mass is 19.4. The quantitative estimate of drug-likeness (QED) is 0.366. The molecule has 3 aromatic rings. The number of benzene rings is 2. The Balaban J connectivity index is 1.33. The van der Waals surface area contributed by atoms with Gasteiger partial charge in [-0.1, -0.05) is 0 Å². The largest absolute Gasteiger partial charge is 0.490 e. The van der Waals surface area contributed by atoms with E-state index in [1.165, 1.54) is 18.3 Å². The number of ether oxygens (including phenoxy) is 1. The van der Waals surface area contributed by atoms with E-state index in [-0.39, 0.29) is 34.5 Å². The van der Waals surface area contributed by atoms with Crippen LogP contribution in [0.1, 0.15) is 31.2 Å². The van der Waals surface area contributed by atoms with Crippen molar-refractivity contribution in [2.45, 2.75) is 44.0 Å². The van der Waals surface area contributed by atoms with E-state index in [1.807, 2.05) is 0 Å². The predicted molar refractivity (Wildman–Crippen MR) is 113 cm³/mol. The fourth-order valence-corrected chi connectivity index (χ4v) is 3.95. The maximum atomic E-state index is 13.5. The van der Waals surface area contributed by atoms with Gasteiger partial charge < -0.3 is 20.4 Å². The van der Waals surface area contributed by atoms with Crippen molar-refractivity contribution >= 4 is 28.4 Å². The number of H-pyrrole nitrogens is 1. The van der Waals surface area contributed by atoms with E-state index in [9.17, 15) is 31.5 Å². The SMILES string of the molecule is O=C(Nc1c[nH]c2cc(F)c(F)cc12)C(=O)N[C@@H]1CCC[C@@H](Oc2ccc(C(F)(F)F)cc2)C1. The van der Waals surface area contributed by atoms with Crippen LogP contribution in [0.3, 0.4) is 0 Å². The van der Waals surface area contributed by atoms with Crippen LogP contribution < -0.4 is 15.4 Å². The first kappa shape index (κ1) is 23.5. The van der Waals surface area contributed by atoms with Crippen molar-refractivity contribution in [3.05, 3.63) is 59.8 Å². The second-order valence-electron chi connectivity index (χ2n) is 8.07. The number of aromatic nitrogens is 1. The van der Waals surface area contributed by atoms with E-state index in [0.717, 1.165) is 24.3 Å². The monoisotopic (exact) mass is 481 g/mol. The van der Waals surface area contributed by atoms with Gasteiger partial charge in [-0.3, -0.25) is 9.59 Å². The average Bonchev–Trinajstić information content (AvgIpc) is 3.15. The first-order chi connectivity index (χ1) is 16.1. The van der Waals surface area contributed by atoms with Gasteiger partial charge >= 0.3 is 18.0 Å². The molecule has 4 rings (SSSR count). The summed E-state index contributed by atoms with van der Waals surface area (Å²) in [4.78, 5) is 27.4. The molecule has 1 heterocycles. The van der Waals surface area contributed by atoms with Crippen molar-refractivity contribution in [1.82, 2.24) is 10.3 Å². The number of carbonyl (C=O) groups excluding carboxylic acids is 2. The highest BCUT2D eigenvalue weighted by Crippen LogP contribution is 2.31. The number of carbonyl (C=O) groups is 2. The van der Waals surface area contributed by atoms with E-state index >= 15 is 0 Å². The van der Waals surface area contributed by atoms with Crippen LogP contribution in [0.15, 0.2) is 42.6 Å². The fourth-order valence-electron chi connectivity index (χ4n) is 3.95. The zero-order valence-corrected chi connectivity index (χ0v) is 17.6. The van der Waals surface area contributed by atoms with Crippen LogP contribution in [0.5, 0.6) is 5.75 Å². The van der Waals surface area contributed by atoms with Crippen LogP contribution in [0, 0.1) is 11.6 Å². The summed E-state index contributed by atoms with van der Waals surface area (Å²) in [7, 11) is 0. The predicted octanol–water partition coefficient (Wildman–Crippen LogP) is 4.91. The van der Waals surface area contributed by atoms with E-state index in [0.29, 0.717) is 25.7 Å². The second kappa shape index (κ2) is 9.32. The Morgan fingerprint density at radius 1 is 1.00 bits per heavy atom. The van der Waals surface area contributed by atoms with Gasteiger partial charge in [-0.2, -0.15) is 13.2 Å². The molecule has 0 spiro atoms. The molecule has 0 radical (unpaired) electrons. The molecule has 2 aromatic carbocycles. The average molecular weight is 481 g/mol. The van der Waals surface area contributed by atoms with Gasteiger partial charge in [0.25, 0.3) is 0 Å². The molecule has 0 aliphatic heterocycles. The minimum atomic E-state index is -4.43. The highest BCUT2D eigenvalue weighted by Gasteiger charge is 2.31. The van der Waals surface area contributed by atoms with Gasteiger partial charge in [0.2, 0.25) is 0 Å². The zero-order valence-electron chi connectivity index (χ0n) is 17.6. The molecular weight excluding hydrogens is 461 g/mol. The molecule has 2 atom stereocenters. The number of hydrogen-bond acceptors (Lipinski definition) is 3. The minimum absolute atomic E-state index is 0.126. The number of anilines is 1. The minimum Gasteiger partial charge on any atom is -0.490 e. The zero-order chi connectivity index (χ0) is 24.5. The molecule has 0 unspecified atom stereocenters. The Labute approximate surface area is 190 Å². The summed E-state index contributed by atoms with van der Waals surface area (Å²) >= 11 is 0. The smallest absolute Gasteiger partial charge is 0.416 e. The van der Waals surface area contributed by atoms with Gasteiger partial charge in [-0.25, -0.2) is 8.78 Å². The molecular formula is C23H20F5N3O3. The van der Waals surface area contributed by atoms with Crippen LogP contribution in [0.2, 0.25) is 0 Å². The van der Waals surface area contributed by atoms with Gasteiger partial charge in [-0.05, 0) is 49.6 Å². The van der Waals surface area contributed by atoms with Gasteiger partial charge in [0.15, 0.2) is 11.6 Å². The Morgan fingerprint density at radius 3 is 2.41 bits per heavy atom. The van der Waals surface area contributed by atoms with E-state index in [2.05, 4.69) is 15.6 Å². The molecule has 1 fully saturated rings. The lowest BCUT2D eigenvalue weighted by atomic mass is 9.92. The van der Waals surface area contributed by atoms with Crippen molar-refractivity contribution < 1.29 is 36.3 Å². The number of halogens is 5. The molecule has 1 saturated carbocycles. The third-order valence-corrected chi connectivity index (χ3v) is 5.62. The third-order valence-electron chi connectivity index (χ3n) is 5.62. The summed E-state index contributed by atoms with van der Waals surface area (Å²) in [6, 6.07) is 5.85. The Kier molecular flexibility index (Phi) is 6.45. The van der Waals surface area contributed by atoms with Crippen LogP contribution in [0.4, 0.5) is 27.6 Å². The van der Waals surface area contributed by atoms with Gasteiger partial charge in [-0.15, -0.1) is 0 Å². The molecule has 180 valence electrons. The number of nitrogens with one attached hydrogen (secondary N) is 3. The first-order valence-electron chi connectivity index (χ1n) is 10.5. The highest BCUT2D eigenvalue weighted by molar-refractivity contribution is 6.40. The van der Waals surface area contributed by atoms with E-state index in [1.54, 1.807) is 0 Å². The number of aromatic amines is 1. The molecule has 1 aliphatic carbocycles. The maximum absolute atomic E-state index is 13.5. The summed E-state index contributed by atoms with van der Waals surface area (Å²) in [6.07, 6.45) is -1.14. The number of alkyl halides is 3. The molecule has 0 saturated heterocycles. The van der Waals surface area contributed by atoms with E-state index < -0.39 is 35.2 Å². The van der Waals surface area contributed by atoms with Crippen LogP contribution in [-0.2, 0) is 15.8 Å². The standard InChI is InChI=1S/C23H20F5N3O3/c24-17-9-16-19(10-18(17)25)29-11-20(16)31-22(33)21(32)30-13-2-1-3-15(8-13)34-14-6-4-12(5-7-14)23(26,27)28/h4-7,9-11,13,15,29H,1-3,8H2,(H,30,32)(H,31,33)/t13-,15-/m1/s1.